The average molecular weight is 183 g/mol. The second-order valence-corrected chi connectivity index (χ2v) is 4.95. The molecule has 0 aromatic heterocycles. The third-order valence-corrected chi connectivity index (χ3v) is 3.92. The highest BCUT2D eigenvalue weighted by atomic mass is 14.9. The second-order valence-electron chi connectivity index (χ2n) is 4.95. The van der Waals surface area contributed by atoms with Crippen molar-refractivity contribution in [1.82, 2.24) is 5.32 Å². The van der Waals surface area contributed by atoms with E-state index in [9.17, 15) is 0 Å². The predicted molar refractivity (Wildman–Crippen MR) is 58.8 cm³/mol. The van der Waals surface area contributed by atoms with Crippen LogP contribution < -0.4 is 5.32 Å². The molecule has 1 aliphatic rings. The van der Waals surface area contributed by atoms with Crippen molar-refractivity contribution in [3.05, 3.63) is 0 Å². The van der Waals surface area contributed by atoms with Crippen LogP contribution in [0.5, 0.6) is 0 Å². The molecule has 0 aromatic rings. The summed E-state index contributed by atoms with van der Waals surface area (Å²) in [4.78, 5) is 0. The lowest BCUT2D eigenvalue weighted by Gasteiger charge is -2.37. The molecule has 1 N–H and O–H groups in total. The van der Waals surface area contributed by atoms with Gasteiger partial charge in [-0.05, 0) is 37.6 Å². The average Bonchev–Trinajstić information content (AvgIpc) is 2.16. The van der Waals surface area contributed by atoms with Crippen LogP contribution in [0.3, 0.4) is 0 Å². The van der Waals surface area contributed by atoms with Crippen LogP contribution in [0.15, 0.2) is 0 Å². The minimum Gasteiger partial charge on any atom is -0.317 e. The third-order valence-electron chi connectivity index (χ3n) is 3.92. The first kappa shape index (κ1) is 11.0. The van der Waals surface area contributed by atoms with E-state index >= 15 is 0 Å². The Bertz CT molecular complexity index is 140. The lowest BCUT2D eigenvalue weighted by Crippen LogP contribution is -2.40. The zero-order valence-corrected chi connectivity index (χ0v) is 9.64. The highest BCUT2D eigenvalue weighted by molar-refractivity contribution is 4.84. The Hall–Kier alpha value is -0.0400. The first-order chi connectivity index (χ1) is 6.16. The molecule has 0 radical (unpaired) electrons. The zero-order chi connectivity index (χ0) is 9.84. The van der Waals surface area contributed by atoms with E-state index in [-0.39, 0.29) is 0 Å². The van der Waals surface area contributed by atoms with Crippen LogP contribution in [0.2, 0.25) is 0 Å². The van der Waals surface area contributed by atoms with Crippen LogP contribution in [0.4, 0.5) is 0 Å². The van der Waals surface area contributed by atoms with Crippen LogP contribution in [-0.4, -0.2) is 13.1 Å². The Morgan fingerprint density at radius 2 is 1.69 bits per heavy atom. The van der Waals surface area contributed by atoms with E-state index < -0.39 is 0 Å². The largest absolute Gasteiger partial charge is 0.317 e. The molecule has 0 spiro atoms. The summed E-state index contributed by atoms with van der Waals surface area (Å²) in [5.41, 5.74) is 0. The Morgan fingerprint density at radius 3 is 2.23 bits per heavy atom. The molecule has 1 aliphatic carbocycles. The normalized spacial score (nSPS) is 32.1. The summed E-state index contributed by atoms with van der Waals surface area (Å²) >= 11 is 0. The predicted octanol–water partition coefficient (Wildman–Crippen LogP) is 3.06. The molecule has 1 fully saturated rings. The first-order valence-electron chi connectivity index (χ1n) is 5.84. The van der Waals surface area contributed by atoms with Gasteiger partial charge in [0, 0.05) is 6.04 Å². The highest BCUT2D eigenvalue weighted by Crippen LogP contribution is 2.33. The molecular weight excluding hydrogens is 158 g/mol. The summed E-state index contributed by atoms with van der Waals surface area (Å²) in [5.74, 6) is 2.62. The van der Waals surface area contributed by atoms with Crippen molar-refractivity contribution >= 4 is 0 Å². The van der Waals surface area contributed by atoms with Gasteiger partial charge in [0.05, 0.1) is 0 Å². The van der Waals surface area contributed by atoms with Crippen LogP contribution in [0.1, 0.15) is 46.5 Å². The molecule has 0 heterocycles. The Balaban J connectivity index is 2.53. The van der Waals surface area contributed by atoms with Gasteiger partial charge < -0.3 is 5.32 Å². The first-order valence-corrected chi connectivity index (χ1v) is 5.84. The van der Waals surface area contributed by atoms with Gasteiger partial charge in [0.25, 0.3) is 0 Å². The summed E-state index contributed by atoms with van der Waals surface area (Å²) in [7, 11) is 2.12. The molecule has 3 unspecified atom stereocenters. The maximum Gasteiger partial charge on any atom is 0.00949 e. The van der Waals surface area contributed by atoms with Gasteiger partial charge in [0.1, 0.15) is 0 Å². The number of rotatable bonds is 3. The van der Waals surface area contributed by atoms with Crippen LogP contribution >= 0.6 is 0 Å². The van der Waals surface area contributed by atoms with Crippen LogP contribution in [-0.2, 0) is 0 Å². The molecule has 1 nitrogen and oxygen atoms in total. The van der Waals surface area contributed by atoms with E-state index in [1.807, 2.05) is 0 Å². The van der Waals surface area contributed by atoms with Crippen LogP contribution in [0, 0.1) is 17.8 Å². The summed E-state index contributed by atoms with van der Waals surface area (Å²) in [6, 6.07) is 0.783. The van der Waals surface area contributed by atoms with E-state index in [2.05, 4.69) is 33.1 Å². The van der Waals surface area contributed by atoms with Crippen molar-refractivity contribution < 1.29 is 0 Å². The minimum atomic E-state index is 0.783. The lowest BCUT2D eigenvalue weighted by molar-refractivity contribution is 0.167. The van der Waals surface area contributed by atoms with Gasteiger partial charge in [0.2, 0.25) is 0 Å². The SMILES string of the molecule is CNC1CCCCC1C(C)C(C)C. The van der Waals surface area contributed by atoms with E-state index in [4.69, 9.17) is 0 Å². The quantitative estimate of drug-likeness (QED) is 0.709. The fourth-order valence-electron chi connectivity index (χ4n) is 2.64. The van der Waals surface area contributed by atoms with Crippen molar-refractivity contribution in [2.75, 3.05) is 7.05 Å². The molecule has 78 valence electrons. The molecule has 0 amide bonds. The second kappa shape index (κ2) is 4.99. The van der Waals surface area contributed by atoms with Crippen molar-refractivity contribution in [3.63, 3.8) is 0 Å². The van der Waals surface area contributed by atoms with Gasteiger partial charge in [-0.1, -0.05) is 33.6 Å². The van der Waals surface area contributed by atoms with Gasteiger partial charge >= 0.3 is 0 Å². The zero-order valence-electron chi connectivity index (χ0n) is 9.64. The molecular formula is C12H25N. The van der Waals surface area contributed by atoms with Gasteiger partial charge in [-0.15, -0.1) is 0 Å². The fourth-order valence-corrected chi connectivity index (χ4v) is 2.64. The number of hydrogen-bond acceptors (Lipinski definition) is 1. The fraction of sp³-hybridized carbons (Fsp3) is 1.00. The molecule has 0 bridgehead atoms. The molecule has 0 aliphatic heterocycles. The van der Waals surface area contributed by atoms with E-state index in [1.54, 1.807) is 0 Å². The summed E-state index contributed by atoms with van der Waals surface area (Å²) in [6.07, 6.45) is 5.69. The standard InChI is InChI=1S/C12H25N/c1-9(2)10(3)11-7-5-6-8-12(11)13-4/h9-13H,5-8H2,1-4H3. The van der Waals surface area contributed by atoms with Crippen molar-refractivity contribution in [2.45, 2.75) is 52.5 Å². The molecule has 13 heavy (non-hydrogen) atoms. The van der Waals surface area contributed by atoms with E-state index in [0.717, 1.165) is 23.8 Å². The third kappa shape index (κ3) is 2.70. The molecule has 1 rings (SSSR count). The molecule has 0 saturated heterocycles. The number of nitrogens with one attached hydrogen (secondary N) is 1. The number of hydrogen-bond donors (Lipinski definition) is 1. The van der Waals surface area contributed by atoms with Crippen molar-refractivity contribution in [3.8, 4) is 0 Å². The summed E-state index contributed by atoms with van der Waals surface area (Å²) in [5, 5.41) is 3.49. The molecule has 3 atom stereocenters. The maximum atomic E-state index is 3.49. The Kier molecular flexibility index (Phi) is 4.24. The maximum absolute atomic E-state index is 3.49. The molecule has 1 heteroatoms. The Morgan fingerprint density at radius 1 is 1.08 bits per heavy atom. The monoisotopic (exact) mass is 183 g/mol. The molecule has 1 saturated carbocycles. The summed E-state index contributed by atoms with van der Waals surface area (Å²) in [6.45, 7) is 7.13. The lowest BCUT2D eigenvalue weighted by atomic mass is 9.73. The van der Waals surface area contributed by atoms with Gasteiger partial charge in [0.15, 0.2) is 0 Å². The van der Waals surface area contributed by atoms with Gasteiger partial charge in [-0.3, -0.25) is 0 Å². The van der Waals surface area contributed by atoms with Gasteiger partial charge in [-0.2, -0.15) is 0 Å². The minimum absolute atomic E-state index is 0.783. The summed E-state index contributed by atoms with van der Waals surface area (Å²) < 4.78 is 0. The highest BCUT2D eigenvalue weighted by Gasteiger charge is 2.29. The van der Waals surface area contributed by atoms with E-state index in [1.165, 1.54) is 25.7 Å². The van der Waals surface area contributed by atoms with Crippen LogP contribution in [0.25, 0.3) is 0 Å². The Labute approximate surface area is 83.3 Å². The topological polar surface area (TPSA) is 12.0 Å². The van der Waals surface area contributed by atoms with Gasteiger partial charge in [-0.25, -0.2) is 0 Å². The smallest absolute Gasteiger partial charge is 0.00949 e. The van der Waals surface area contributed by atoms with Crippen molar-refractivity contribution in [2.24, 2.45) is 17.8 Å². The van der Waals surface area contributed by atoms with Crippen molar-refractivity contribution in [1.29, 1.82) is 0 Å². The van der Waals surface area contributed by atoms with E-state index in [0.29, 0.717) is 0 Å². The molecule has 0 aromatic carbocycles.